The van der Waals surface area contributed by atoms with Gasteiger partial charge in [0.2, 0.25) is 0 Å². The molecule has 0 unspecified atom stereocenters. The van der Waals surface area contributed by atoms with Gasteiger partial charge < -0.3 is 4.74 Å². The van der Waals surface area contributed by atoms with Crippen molar-refractivity contribution in [2.75, 3.05) is 0 Å². The van der Waals surface area contributed by atoms with Crippen molar-refractivity contribution in [2.24, 2.45) is 0 Å². The van der Waals surface area contributed by atoms with Crippen LogP contribution in [0.5, 0.6) is 5.75 Å². The average Bonchev–Trinajstić information content (AvgIpc) is 2.06. The standard InChI is InChI=1S/C10H15NO/c1-3-5-9(2)12-10-6-4-7-11-8-10/h4,6-9H,3,5H2,1-2H3/t9-/m1/s1. The minimum absolute atomic E-state index is 0.291. The first-order valence-corrected chi connectivity index (χ1v) is 4.39. The molecule has 0 fully saturated rings. The molecule has 0 spiro atoms. The summed E-state index contributed by atoms with van der Waals surface area (Å²) in [6, 6.07) is 3.81. The quantitative estimate of drug-likeness (QED) is 0.684. The SMILES string of the molecule is CCC[C@@H](C)Oc1cccnc1. The lowest BCUT2D eigenvalue weighted by Crippen LogP contribution is -2.10. The molecule has 1 aromatic heterocycles. The van der Waals surface area contributed by atoms with Gasteiger partial charge in [0, 0.05) is 6.20 Å². The first kappa shape index (κ1) is 9.04. The van der Waals surface area contributed by atoms with Gasteiger partial charge in [0.15, 0.2) is 0 Å². The first-order chi connectivity index (χ1) is 5.83. The molecule has 1 atom stereocenters. The van der Waals surface area contributed by atoms with Crippen LogP contribution in [0.2, 0.25) is 0 Å². The molecule has 0 aliphatic carbocycles. The number of rotatable bonds is 4. The summed E-state index contributed by atoms with van der Waals surface area (Å²) >= 11 is 0. The van der Waals surface area contributed by atoms with Crippen molar-refractivity contribution in [1.82, 2.24) is 4.98 Å². The largest absolute Gasteiger partial charge is 0.489 e. The highest BCUT2D eigenvalue weighted by Gasteiger charge is 2.00. The fourth-order valence-corrected chi connectivity index (χ4v) is 1.11. The molecule has 0 aliphatic rings. The summed E-state index contributed by atoms with van der Waals surface area (Å²) in [7, 11) is 0. The van der Waals surface area contributed by atoms with Crippen LogP contribution >= 0.6 is 0 Å². The van der Waals surface area contributed by atoms with Gasteiger partial charge in [0.1, 0.15) is 5.75 Å². The second kappa shape index (κ2) is 4.75. The Hall–Kier alpha value is -1.05. The minimum atomic E-state index is 0.291. The van der Waals surface area contributed by atoms with Crippen LogP contribution in [0.4, 0.5) is 0 Å². The molecule has 2 nitrogen and oxygen atoms in total. The second-order valence-electron chi connectivity index (χ2n) is 2.91. The summed E-state index contributed by atoms with van der Waals surface area (Å²) < 4.78 is 5.59. The molecule has 1 heterocycles. The molecule has 66 valence electrons. The van der Waals surface area contributed by atoms with Gasteiger partial charge in [0.25, 0.3) is 0 Å². The van der Waals surface area contributed by atoms with Crippen LogP contribution in [0.25, 0.3) is 0 Å². The van der Waals surface area contributed by atoms with E-state index in [1.807, 2.05) is 12.1 Å². The Morgan fingerprint density at radius 3 is 3.00 bits per heavy atom. The number of nitrogens with zero attached hydrogens (tertiary/aromatic N) is 1. The molecule has 0 aliphatic heterocycles. The van der Waals surface area contributed by atoms with Crippen LogP contribution in [0, 0.1) is 0 Å². The molecule has 0 N–H and O–H groups in total. The molecule has 0 saturated heterocycles. The molecule has 12 heavy (non-hydrogen) atoms. The zero-order valence-corrected chi connectivity index (χ0v) is 7.66. The third kappa shape index (κ3) is 2.91. The van der Waals surface area contributed by atoms with Gasteiger partial charge in [-0.1, -0.05) is 13.3 Å². The number of hydrogen-bond donors (Lipinski definition) is 0. The van der Waals surface area contributed by atoms with E-state index in [2.05, 4.69) is 18.8 Å². The highest BCUT2D eigenvalue weighted by Crippen LogP contribution is 2.11. The van der Waals surface area contributed by atoms with Crippen molar-refractivity contribution < 1.29 is 4.74 Å². The van der Waals surface area contributed by atoms with Crippen LogP contribution in [-0.2, 0) is 0 Å². The maximum absolute atomic E-state index is 5.59. The monoisotopic (exact) mass is 165 g/mol. The zero-order chi connectivity index (χ0) is 8.81. The zero-order valence-electron chi connectivity index (χ0n) is 7.66. The predicted octanol–water partition coefficient (Wildman–Crippen LogP) is 2.65. The fraction of sp³-hybridized carbons (Fsp3) is 0.500. The smallest absolute Gasteiger partial charge is 0.137 e. The van der Waals surface area contributed by atoms with Crippen molar-refractivity contribution in [3.63, 3.8) is 0 Å². The van der Waals surface area contributed by atoms with E-state index in [4.69, 9.17) is 4.74 Å². The van der Waals surface area contributed by atoms with Crippen LogP contribution in [0.15, 0.2) is 24.5 Å². The van der Waals surface area contributed by atoms with Gasteiger partial charge in [-0.3, -0.25) is 4.98 Å². The lowest BCUT2D eigenvalue weighted by Gasteiger charge is -2.12. The van der Waals surface area contributed by atoms with Crippen molar-refractivity contribution >= 4 is 0 Å². The van der Waals surface area contributed by atoms with Crippen molar-refractivity contribution in [3.05, 3.63) is 24.5 Å². The second-order valence-corrected chi connectivity index (χ2v) is 2.91. The van der Waals surface area contributed by atoms with E-state index in [0.717, 1.165) is 18.6 Å². The molecule has 0 amide bonds. The maximum Gasteiger partial charge on any atom is 0.137 e. The Morgan fingerprint density at radius 1 is 1.58 bits per heavy atom. The molecule has 1 aromatic rings. The molecule has 0 bridgehead atoms. The number of pyridine rings is 1. The molecule has 0 radical (unpaired) electrons. The third-order valence-electron chi connectivity index (χ3n) is 1.67. The maximum atomic E-state index is 5.59. The summed E-state index contributed by atoms with van der Waals surface area (Å²) in [4.78, 5) is 3.97. The van der Waals surface area contributed by atoms with Crippen molar-refractivity contribution in [2.45, 2.75) is 32.8 Å². The Bertz CT molecular complexity index is 210. The van der Waals surface area contributed by atoms with Gasteiger partial charge in [-0.2, -0.15) is 0 Å². The van der Waals surface area contributed by atoms with Crippen LogP contribution in [0.3, 0.4) is 0 Å². The predicted molar refractivity (Wildman–Crippen MR) is 49.2 cm³/mol. The molecule has 0 saturated carbocycles. The van der Waals surface area contributed by atoms with Crippen LogP contribution in [0.1, 0.15) is 26.7 Å². The highest BCUT2D eigenvalue weighted by molar-refractivity contribution is 5.15. The fourth-order valence-electron chi connectivity index (χ4n) is 1.11. The average molecular weight is 165 g/mol. The van der Waals surface area contributed by atoms with E-state index in [1.165, 1.54) is 0 Å². The van der Waals surface area contributed by atoms with E-state index in [0.29, 0.717) is 6.10 Å². The van der Waals surface area contributed by atoms with E-state index in [-0.39, 0.29) is 0 Å². The van der Waals surface area contributed by atoms with Gasteiger partial charge in [0.05, 0.1) is 12.3 Å². The minimum Gasteiger partial charge on any atom is -0.489 e. The first-order valence-electron chi connectivity index (χ1n) is 4.39. The molecule has 0 aromatic carbocycles. The molecule has 2 heteroatoms. The molecular weight excluding hydrogens is 150 g/mol. The van der Waals surface area contributed by atoms with Gasteiger partial charge in [-0.25, -0.2) is 0 Å². The summed E-state index contributed by atoms with van der Waals surface area (Å²) in [5, 5.41) is 0. The molecule has 1 rings (SSSR count). The lowest BCUT2D eigenvalue weighted by molar-refractivity contribution is 0.209. The summed E-state index contributed by atoms with van der Waals surface area (Å²) in [6.45, 7) is 4.24. The Kier molecular flexibility index (Phi) is 3.58. The normalized spacial score (nSPS) is 12.5. The van der Waals surface area contributed by atoms with Gasteiger partial charge in [-0.05, 0) is 25.5 Å². The summed E-state index contributed by atoms with van der Waals surface area (Å²) in [5.41, 5.74) is 0. The number of aromatic nitrogens is 1. The van der Waals surface area contributed by atoms with Crippen molar-refractivity contribution in [1.29, 1.82) is 0 Å². The lowest BCUT2D eigenvalue weighted by atomic mass is 10.2. The number of ether oxygens (including phenoxy) is 1. The Labute approximate surface area is 73.6 Å². The van der Waals surface area contributed by atoms with Gasteiger partial charge in [-0.15, -0.1) is 0 Å². The van der Waals surface area contributed by atoms with E-state index >= 15 is 0 Å². The van der Waals surface area contributed by atoms with Gasteiger partial charge >= 0.3 is 0 Å². The Balaban J connectivity index is 2.41. The van der Waals surface area contributed by atoms with Crippen molar-refractivity contribution in [3.8, 4) is 5.75 Å². The number of hydrogen-bond acceptors (Lipinski definition) is 2. The third-order valence-corrected chi connectivity index (χ3v) is 1.67. The van der Waals surface area contributed by atoms with E-state index in [1.54, 1.807) is 12.4 Å². The summed E-state index contributed by atoms with van der Waals surface area (Å²) in [6.07, 6.45) is 6.03. The summed E-state index contributed by atoms with van der Waals surface area (Å²) in [5.74, 6) is 0.860. The molecular formula is C10H15NO. The van der Waals surface area contributed by atoms with E-state index in [9.17, 15) is 0 Å². The van der Waals surface area contributed by atoms with Crippen LogP contribution < -0.4 is 4.74 Å². The topological polar surface area (TPSA) is 22.1 Å². The highest BCUT2D eigenvalue weighted by atomic mass is 16.5. The Morgan fingerprint density at radius 2 is 2.42 bits per heavy atom. The van der Waals surface area contributed by atoms with E-state index < -0.39 is 0 Å². The van der Waals surface area contributed by atoms with Crippen LogP contribution in [-0.4, -0.2) is 11.1 Å².